The van der Waals surface area contributed by atoms with Crippen molar-refractivity contribution < 1.29 is 23.8 Å². The Morgan fingerprint density at radius 1 is 1.07 bits per heavy atom. The van der Waals surface area contributed by atoms with Crippen molar-refractivity contribution in [3.63, 3.8) is 0 Å². The third kappa shape index (κ3) is 5.71. The van der Waals surface area contributed by atoms with Gasteiger partial charge in [-0.05, 0) is 36.8 Å². The number of ether oxygens (including phenoxy) is 3. The van der Waals surface area contributed by atoms with Crippen molar-refractivity contribution in [2.45, 2.75) is 19.4 Å². The number of hydrogen-bond donors (Lipinski definition) is 2. The molecule has 1 aromatic heterocycles. The molecule has 0 radical (unpaired) electrons. The van der Waals surface area contributed by atoms with E-state index in [0.717, 1.165) is 16.9 Å². The molecule has 2 N–H and O–H groups in total. The number of benzene rings is 2. The monoisotopic (exact) mass is 413 g/mol. The Labute approximate surface area is 175 Å². The van der Waals surface area contributed by atoms with Gasteiger partial charge in [0, 0.05) is 25.1 Å². The third-order valence-electron chi connectivity index (χ3n) is 4.53. The quantitative estimate of drug-likeness (QED) is 0.463. The first-order valence-corrected chi connectivity index (χ1v) is 9.73. The predicted molar refractivity (Wildman–Crippen MR) is 112 cm³/mol. The molecule has 3 rings (SSSR count). The number of hydrogen-bond acceptors (Lipinski definition) is 8. The first-order valence-electron chi connectivity index (χ1n) is 9.73. The maximum atomic E-state index is 10.1. The van der Waals surface area contributed by atoms with Gasteiger partial charge in [-0.15, -0.1) is 0 Å². The molecule has 1 atom stereocenters. The van der Waals surface area contributed by atoms with E-state index in [0.29, 0.717) is 42.7 Å². The van der Waals surface area contributed by atoms with E-state index in [2.05, 4.69) is 15.5 Å². The highest BCUT2D eigenvalue weighted by molar-refractivity contribution is 5.60. The standard InChI is InChI=1S/C22H27N3O5/c1-15-6-4-5-7-18(15)29-14-17(26)13-23-11-10-21-24-22(25-30-21)16-8-9-19(27-2)20(12-16)28-3/h4-9,12,17,23,26H,10-11,13-14H2,1-3H3. The molecule has 30 heavy (non-hydrogen) atoms. The summed E-state index contributed by atoms with van der Waals surface area (Å²) in [5, 5.41) is 17.3. The average molecular weight is 413 g/mol. The third-order valence-corrected chi connectivity index (χ3v) is 4.53. The highest BCUT2D eigenvalue weighted by atomic mass is 16.5. The number of aromatic nitrogens is 2. The number of methoxy groups -OCH3 is 2. The zero-order valence-electron chi connectivity index (χ0n) is 17.4. The van der Waals surface area contributed by atoms with Gasteiger partial charge in [-0.1, -0.05) is 23.4 Å². The summed E-state index contributed by atoms with van der Waals surface area (Å²) in [5.41, 5.74) is 1.82. The van der Waals surface area contributed by atoms with Crippen molar-refractivity contribution >= 4 is 0 Å². The van der Waals surface area contributed by atoms with E-state index in [-0.39, 0.29) is 6.61 Å². The fourth-order valence-electron chi connectivity index (χ4n) is 2.88. The minimum absolute atomic E-state index is 0.224. The molecular weight excluding hydrogens is 386 g/mol. The van der Waals surface area contributed by atoms with Crippen LogP contribution in [-0.2, 0) is 6.42 Å². The largest absolute Gasteiger partial charge is 0.493 e. The van der Waals surface area contributed by atoms with E-state index in [1.54, 1.807) is 26.4 Å². The van der Waals surface area contributed by atoms with Crippen LogP contribution in [0.25, 0.3) is 11.4 Å². The van der Waals surface area contributed by atoms with Gasteiger partial charge >= 0.3 is 0 Å². The Morgan fingerprint density at radius 3 is 2.63 bits per heavy atom. The highest BCUT2D eigenvalue weighted by Crippen LogP contribution is 2.31. The van der Waals surface area contributed by atoms with Gasteiger partial charge in [0.15, 0.2) is 11.5 Å². The first kappa shape index (κ1) is 21.6. The zero-order chi connectivity index (χ0) is 21.3. The second kappa shape index (κ2) is 10.6. The summed E-state index contributed by atoms with van der Waals surface area (Å²) in [6.45, 7) is 3.19. The molecule has 0 aliphatic heterocycles. The first-order chi connectivity index (χ1) is 14.6. The van der Waals surface area contributed by atoms with Crippen LogP contribution >= 0.6 is 0 Å². The van der Waals surface area contributed by atoms with Gasteiger partial charge in [0.2, 0.25) is 11.7 Å². The van der Waals surface area contributed by atoms with Gasteiger partial charge in [0.05, 0.1) is 14.2 Å². The Bertz CT molecular complexity index is 944. The summed E-state index contributed by atoms with van der Waals surface area (Å²) in [5.74, 6) is 3.02. The highest BCUT2D eigenvalue weighted by Gasteiger charge is 2.12. The predicted octanol–water partition coefficient (Wildman–Crippen LogP) is 2.63. The Hall–Kier alpha value is -3.10. The average Bonchev–Trinajstić information content (AvgIpc) is 3.24. The molecule has 0 aliphatic carbocycles. The van der Waals surface area contributed by atoms with Crippen molar-refractivity contribution in [1.82, 2.24) is 15.5 Å². The van der Waals surface area contributed by atoms with Gasteiger partial charge in [-0.25, -0.2) is 0 Å². The summed E-state index contributed by atoms with van der Waals surface area (Å²) in [6.07, 6.45) is -0.0688. The maximum absolute atomic E-state index is 10.1. The molecule has 0 spiro atoms. The molecule has 0 amide bonds. The lowest BCUT2D eigenvalue weighted by atomic mass is 10.2. The minimum Gasteiger partial charge on any atom is -0.493 e. The van der Waals surface area contributed by atoms with Crippen LogP contribution in [0.2, 0.25) is 0 Å². The lowest BCUT2D eigenvalue weighted by Crippen LogP contribution is -2.32. The van der Waals surface area contributed by atoms with Gasteiger partial charge in [0.1, 0.15) is 18.5 Å². The van der Waals surface area contributed by atoms with E-state index < -0.39 is 6.10 Å². The van der Waals surface area contributed by atoms with Gasteiger partial charge < -0.3 is 29.2 Å². The van der Waals surface area contributed by atoms with Gasteiger partial charge in [0.25, 0.3) is 0 Å². The van der Waals surface area contributed by atoms with Crippen molar-refractivity contribution in [3.8, 4) is 28.6 Å². The number of aliphatic hydroxyl groups is 1. The molecule has 8 heteroatoms. The van der Waals surface area contributed by atoms with Crippen LogP contribution in [0.3, 0.4) is 0 Å². The fourth-order valence-corrected chi connectivity index (χ4v) is 2.88. The van der Waals surface area contributed by atoms with Crippen LogP contribution < -0.4 is 19.5 Å². The molecular formula is C22H27N3O5. The molecule has 160 valence electrons. The molecule has 0 saturated heterocycles. The molecule has 3 aromatic rings. The number of nitrogens with one attached hydrogen (secondary N) is 1. The molecule has 1 heterocycles. The molecule has 1 unspecified atom stereocenters. The smallest absolute Gasteiger partial charge is 0.228 e. The molecule has 0 bridgehead atoms. The summed E-state index contributed by atoms with van der Waals surface area (Å²) in [4.78, 5) is 4.41. The SMILES string of the molecule is COc1ccc(-c2noc(CCNCC(O)COc3ccccc3C)n2)cc1OC. The second-order valence-corrected chi connectivity index (χ2v) is 6.77. The lowest BCUT2D eigenvalue weighted by Gasteiger charge is -2.14. The van der Waals surface area contributed by atoms with Crippen molar-refractivity contribution in [2.24, 2.45) is 0 Å². The van der Waals surface area contributed by atoms with Crippen LogP contribution in [0.15, 0.2) is 47.0 Å². The minimum atomic E-state index is -0.616. The van der Waals surface area contributed by atoms with Crippen LogP contribution in [0.1, 0.15) is 11.5 Å². The van der Waals surface area contributed by atoms with Crippen molar-refractivity contribution in [1.29, 1.82) is 0 Å². The van der Waals surface area contributed by atoms with E-state index in [1.165, 1.54) is 0 Å². The van der Waals surface area contributed by atoms with Crippen molar-refractivity contribution in [2.75, 3.05) is 33.9 Å². The summed E-state index contributed by atoms with van der Waals surface area (Å²) in [7, 11) is 3.16. The summed E-state index contributed by atoms with van der Waals surface area (Å²) < 4.78 is 21.5. The van der Waals surface area contributed by atoms with Gasteiger partial charge in [-0.2, -0.15) is 4.98 Å². The Morgan fingerprint density at radius 2 is 1.87 bits per heavy atom. The molecule has 8 nitrogen and oxygen atoms in total. The second-order valence-electron chi connectivity index (χ2n) is 6.77. The van der Waals surface area contributed by atoms with E-state index in [1.807, 2.05) is 37.3 Å². The van der Waals surface area contributed by atoms with Gasteiger partial charge in [-0.3, -0.25) is 0 Å². The molecule has 2 aromatic carbocycles. The summed E-state index contributed by atoms with van der Waals surface area (Å²) >= 11 is 0. The topological polar surface area (TPSA) is 98.9 Å². The van der Waals surface area contributed by atoms with Crippen molar-refractivity contribution in [3.05, 3.63) is 53.9 Å². The van der Waals surface area contributed by atoms with E-state index in [4.69, 9.17) is 18.7 Å². The van der Waals surface area contributed by atoms with Crippen LogP contribution in [0, 0.1) is 6.92 Å². The number of rotatable bonds is 11. The Kier molecular flexibility index (Phi) is 7.64. The maximum Gasteiger partial charge on any atom is 0.228 e. The van der Waals surface area contributed by atoms with E-state index in [9.17, 15) is 5.11 Å². The van der Waals surface area contributed by atoms with Crippen LogP contribution in [-0.4, -0.2) is 55.3 Å². The molecule has 0 saturated carbocycles. The Balaban J connectivity index is 1.43. The lowest BCUT2D eigenvalue weighted by molar-refractivity contribution is 0.106. The fraction of sp³-hybridized carbons (Fsp3) is 0.364. The van der Waals surface area contributed by atoms with E-state index >= 15 is 0 Å². The molecule has 0 fully saturated rings. The zero-order valence-corrected chi connectivity index (χ0v) is 17.4. The van der Waals surface area contributed by atoms with Crippen LogP contribution in [0.5, 0.6) is 17.2 Å². The normalized spacial score (nSPS) is 11.9. The molecule has 0 aliphatic rings. The summed E-state index contributed by atoms with van der Waals surface area (Å²) in [6, 6.07) is 13.2. The number of para-hydroxylation sites is 1. The number of aryl methyl sites for hydroxylation is 1. The van der Waals surface area contributed by atoms with Crippen LogP contribution in [0.4, 0.5) is 0 Å². The number of nitrogens with zero attached hydrogens (tertiary/aromatic N) is 2. The number of aliphatic hydroxyl groups excluding tert-OH is 1.